The van der Waals surface area contributed by atoms with Gasteiger partial charge in [0.05, 0.1) is 11.3 Å². The lowest BCUT2D eigenvalue weighted by atomic mass is 10.1. The van der Waals surface area contributed by atoms with Gasteiger partial charge in [-0.2, -0.15) is 0 Å². The van der Waals surface area contributed by atoms with E-state index in [0.717, 1.165) is 24.3 Å². The van der Waals surface area contributed by atoms with Crippen LogP contribution in [0.1, 0.15) is 43.2 Å². The number of hydrogen-bond acceptors (Lipinski definition) is 3. The van der Waals surface area contributed by atoms with Gasteiger partial charge < -0.3 is 10.2 Å². The molecular formula is C14H23N3O. The van der Waals surface area contributed by atoms with Crippen LogP contribution in [-0.4, -0.2) is 35.4 Å². The molecule has 0 saturated heterocycles. The molecule has 1 heterocycles. The zero-order chi connectivity index (χ0) is 13.7. The van der Waals surface area contributed by atoms with Gasteiger partial charge in [-0.25, -0.2) is 0 Å². The van der Waals surface area contributed by atoms with Gasteiger partial charge in [-0.3, -0.25) is 9.78 Å². The van der Waals surface area contributed by atoms with E-state index in [-0.39, 0.29) is 11.9 Å². The van der Waals surface area contributed by atoms with Crippen LogP contribution in [0.2, 0.25) is 0 Å². The van der Waals surface area contributed by atoms with Gasteiger partial charge >= 0.3 is 0 Å². The van der Waals surface area contributed by atoms with Gasteiger partial charge in [0.2, 0.25) is 0 Å². The van der Waals surface area contributed by atoms with Crippen molar-refractivity contribution in [1.82, 2.24) is 9.88 Å². The first-order valence-electron chi connectivity index (χ1n) is 6.45. The van der Waals surface area contributed by atoms with Crippen molar-refractivity contribution in [2.45, 2.75) is 40.2 Å². The smallest absolute Gasteiger partial charge is 0.257 e. The second-order valence-corrected chi connectivity index (χ2v) is 4.81. The molecule has 0 unspecified atom stereocenters. The first-order valence-corrected chi connectivity index (χ1v) is 6.45. The second kappa shape index (κ2) is 6.38. The van der Waals surface area contributed by atoms with Crippen molar-refractivity contribution in [2.24, 2.45) is 0 Å². The van der Waals surface area contributed by atoms with Crippen LogP contribution in [0.15, 0.2) is 12.3 Å². The normalized spacial score (nSPS) is 10.6. The molecule has 100 valence electrons. The van der Waals surface area contributed by atoms with E-state index < -0.39 is 0 Å². The molecule has 1 aromatic heterocycles. The molecular weight excluding hydrogens is 226 g/mol. The zero-order valence-corrected chi connectivity index (χ0v) is 11.9. The van der Waals surface area contributed by atoms with Gasteiger partial charge in [-0.15, -0.1) is 0 Å². The number of pyridine rings is 1. The first kappa shape index (κ1) is 14.5. The Labute approximate surface area is 109 Å². The van der Waals surface area contributed by atoms with Gasteiger partial charge in [0.25, 0.3) is 5.91 Å². The fraction of sp³-hybridized carbons (Fsp3) is 0.571. The maximum absolute atomic E-state index is 12.3. The predicted molar refractivity (Wildman–Crippen MR) is 75.0 cm³/mol. The van der Waals surface area contributed by atoms with E-state index in [9.17, 15) is 4.79 Å². The number of hydrogen-bond donors (Lipinski definition) is 1. The van der Waals surface area contributed by atoms with Crippen molar-refractivity contribution in [3.63, 3.8) is 0 Å². The van der Waals surface area contributed by atoms with Crippen LogP contribution in [0.25, 0.3) is 0 Å². The van der Waals surface area contributed by atoms with E-state index in [1.807, 2.05) is 33.9 Å². The number of anilines is 1. The Morgan fingerprint density at radius 1 is 1.50 bits per heavy atom. The van der Waals surface area contributed by atoms with Crippen molar-refractivity contribution < 1.29 is 4.79 Å². The van der Waals surface area contributed by atoms with E-state index in [1.54, 1.807) is 11.1 Å². The average Bonchev–Trinajstić information content (AvgIpc) is 2.34. The summed E-state index contributed by atoms with van der Waals surface area (Å²) in [5.74, 6) is 0.0103. The lowest BCUT2D eigenvalue weighted by Gasteiger charge is -2.23. The third kappa shape index (κ3) is 3.45. The number of aromatic nitrogens is 1. The number of carbonyl (C=O) groups is 1. The summed E-state index contributed by atoms with van der Waals surface area (Å²) in [6, 6.07) is 2.11. The summed E-state index contributed by atoms with van der Waals surface area (Å²) >= 11 is 0. The molecule has 0 aliphatic heterocycles. The number of nitrogens with one attached hydrogen (secondary N) is 1. The van der Waals surface area contributed by atoms with Crippen LogP contribution in [0.5, 0.6) is 0 Å². The largest absolute Gasteiger partial charge is 0.384 e. The van der Waals surface area contributed by atoms with E-state index >= 15 is 0 Å². The standard InChI is InChI=1S/C14H23N3O/c1-6-7-15-13-8-11(4)16-9-12(13)14(18)17(5)10(2)3/h8-10H,6-7H2,1-5H3,(H,15,16). The lowest BCUT2D eigenvalue weighted by molar-refractivity contribution is 0.0755. The highest BCUT2D eigenvalue weighted by Gasteiger charge is 2.18. The quantitative estimate of drug-likeness (QED) is 0.872. The predicted octanol–water partition coefficient (Wildman–Crippen LogP) is 2.69. The Hall–Kier alpha value is -1.58. The molecule has 1 N–H and O–H groups in total. The summed E-state index contributed by atoms with van der Waals surface area (Å²) in [5, 5.41) is 3.29. The molecule has 0 bridgehead atoms. The van der Waals surface area contributed by atoms with Crippen LogP contribution < -0.4 is 5.32 Å². The average molecular weight is 249 g/mol. The third-order valence-corrected chi connectivity index (χ3v) is 2.93. The summed E-state index contributed by atoms with van der Waals surface area (Å²) in [5.41, 5.74) is 2.43. The van der Waals surface area contributed by atoms with E-state index in [4.69, 9.17) is 0 Å². The fourth-order valence-electron chi connectivity index (χ4n) is 1.56. The zero-order valence-electron chi connectivity index (χ0n) is 11.9. The summed E-state index contributed by atoms with van der Waals surface area (Å²) < 4.78 is 0. The fourth-order valence-corrected chi connectivity index (χ4v) is 1.56. The molecule has 0 saturated carbocycles. The third-order valence-electron chi connectivity index (χ3n) is 2.93. The summed E-state index contributed by atoms with van der Waals surface area (Å²) in [4.78, 5) is 18.3. The van der Waals surface area contributed by atoms with Gasteiger partial charge in [-0.1, -0.05) is 6.92 Å². The number of nitrogens with zero attached hydrogens (tertiary/aromatic N) is 2. The van der Waals surface area contributed by atoms with Crippen molar-refractivity contribution in [3.8, 4) is 0 Å². The Bertz CT molecular complexity index is 416. The molecule has 0 atom stereocenters. The first-order chi connectivity index (χ1) is 8.47. The minimum Gasteiger partial charge on any atom is -0.384 e. The molecule has 0 fully saturated rings. The number of aryl methyl sites for hydroxylation is 1. The molecule has 4 nitrogen and oxygen atoms in total. The van der Waals surface area contributed by atoms with Gasteiger partial charge in [-0.05, 0) is 33.3 Å². The molecule has 0 spiro atoms. The molecule has 0 aliphatic carbocycles. The highest BCUT2D eigenvalue weighted by atomic mass is 16.2. The van der Waals surface area contributed by atoms with Crippen LogP contribution >= 0.6 is 0 Å². The van der Waals surface area contributed by atoms with Crippen molar-refractivity contribution in [1.29, 1.82) is 0 Å². The maximum atomic E-state index is 12.3. The Morgan fingerprint density at radius 3 is 2.72 bits per heavy atom. The minimum absolute atomic E-state index is 0.0103. The van der Waals surface area contributed by atoms with Crippen LogP contribution in [0, 0.1) is 6.92 Å². The highest BCUT2D eigenvalue weighted by Crippen LogP contribution is 2.18. The monoisotopic (exact) mass is 249 g/mol. The molecule has 0 aliphatic rings. The van der Waals surface area contributed by atoms with E-state index in [2.05, 4.69) is 17.2 Å². The number of carbonyl (C=O) groups excluding carboxylic acids is 1. The SMILES string of the molecule is CCCNc1cc(C)ncc1C(=O)N(C)C(C)C. The summed E-state index contributed by atoms with van der Waals surface area (Å²) in [7, 11) is 1.82. The van der Waals surface area contributed by atoms with Gasteiger partial charge in [0, 0.05) is 31.5 Å². The van der Waals surface area contributed by atoms with Gasteiger partial charge in [0.15, 0.2) is 0 Å². The lowest BCUT2D eigenvalue weighted by Crippen LogP contribution is -2.33. The number of rotatable bonds is 5. The van der Waals surface area contributed by atoms with Gasteiger partial charge in [0.1, 0.15) is 0 Å². The molecule has 0 radical (unpaired) electrons. The Kier molecular flexibility index (Phi) is 5.13. The van der Waals surface area contributed by atoms with Crippen molar-refractivity contribution in [2.75, 3.05) is 18.9 Å². The van der Waals surface area contributed by atoms with Crippen LogP contribution in [-0.2, 0) is 0 Å². The van der Waals surface area contributed by atoms with E-state index in [0.29, 0.717) is 5.56 Å². The molecule has 1 aromatic rings. The van der Waals surface area contributed by atoms with Crippen LogP contribution in [0.4, 0.5) is 5.69 Å². The van der Waals surface area contributed by atoms with E-state index in [1.165, 1.54) is 0 Å². The van der Waals surface area contributed by atoms with Crippen molar-refractivity contribution >= 4 is 11.6 Å². The molecule has 1 amide bonds. The summed E-state index contributed by atoms with van der Waals surface area (Å²) in [6.07, 6.45) is 2.68. The number of amides is 1. The minimum atomic E-state index is 0.0103. The Balaban J connectivity index is 3.03. The van der Waals surface area contributed by atoms with Crippen molar-refractivity contribution in [3.05, 3.63) is 23.5 Å². The Morgan fingerprint density at radius 2 is 2.17 bits per heavy atom. The molecule has 1 rings (SSSR count). The molecule has 0 aromatic carbocycles. The second-order valence-electron chi connectivity index (χ2n) is 4.81. The highest BCUT2D eigenvalue weighted by molar-refractivity contribution is 5.99. The topological polar surface area (TPSA) is 45.2 Å². The molecule has 4 heteroatoms. The molecule has 18 heavy (non-hydrogen) atoms. The van der Waals surface area contributed by atoms with Crippen LogP contribution in [0.3, 0.4) is 0 Å². The summed E-state index contributed by atoms with van der Waals surface area (Å²) in [6.45, 7) is 8.88. The maximum Gasteiger partial charge on any atom is 0.257 e.